The SMILES string of the molecule is CC[Si](C)(Cl)C(C)(Cl)c1ccccc1. The van der Waals surface area contributed by atoms with Gasteiger partial charge in [-0.25, -0.2) is 0 Å². The maximum atomic E-state index is 6.58. The Morgan fingerprint density at radius 2 is 1.79 bits per heavy atom. The highest BCUT2D eigenvalue weighted by Gasteiger charge is 2.44. The molecular formula is C11H16Cl2Si. The van der Waals surface area contributed by atoms with E-state index in [4.69, 9.17) is 22.7 Å². The summed E-state index contributed by atoms with van der Waals surface area (Å²) in [7, 11) is -1.91. The molecule has 0 saturated heterocycles. The lowest BCUT2D eigenvalue weighted by Gasteiger charge is -2.34. The summed E-state index contributed by atoms with van der Waals surface area (Å²) in [5.41, 5.74) is 1.13. The van der Waals surface area contributed by atoms with Crippen molar-refractivity contribution in [1.29, 1.82) is 0 Å². The molecule has 0 aromatic heterocycles. The van der Waals surface area contributed by atoms with Crippen LogP contribution in [0.1, 0.15) is 19.4 Å². The molecule has 78 valence electrons. The second-order valence-electron chi connectivity index (χ2n) is 3.92. The van der Waals surface area contributed by atoms with Gasteiger partial charge in [0.1, 0.15) is 0 Å². The smallest absolute Gasteiger partial charge is 0.165 e. The van der Waals surface area contributed by atoms with E-state index in [-0.39, 0.29) is 4.50 Å². The van der Waals surface area contributed by atoms with Crippen molar-refractivity contribution in [2.24, 2.45) is 0 Å². The normalized spacial score (nSPS) is 19.8. The van der Waals surface area contributed by atoms with Gasteiger partial charge in [-0.05, 0) is 18.5 Å². The van der Waals surface area contributed by atoms with Crippen LogP contribution in [0.15, 0.2) is 30.3 Å². The first-order valence-electron chi connectivity index (χ1n) is 4.85. The van der Waals surface area contributed by atoms with E-state index >= 15 is 0 Å². The van der Waals surface area contributed by atoms with Crippen LogP contribution < -0.4 is 0 Å². The van der Waals surface area contributed by atoms with E-state index < -0.39 is 7.38 Å². The molecule has 0 aliphatic rings. The molecule has 1 aromatic carbocycles. The molecule has 0 fully saturated rings. The summed E-state index contributed by atoms with van der Waals surface area (Å²) in [4.78, 5) is 0. The number of alkyl halides is 1. The van der Waals surface area contributed by atoms with E-state index in [1.54, 1.807) is 0 Å². The van der Waals surface area contributed by atoms with Crippen molar-refractivity contribution in [3.8, 4) is 0 Å². The van der Waals surface area contributed by atoms with Gasteiger partial charge in [-0.2, -0.15) is 11.1 Å². The summed E-state index contributed by atoms with van der Waals surface area (Å²) in [6, 6.07) is 11.1. The predicted octanol–water partition coefficient (Wildman–Crippen LogP) is 4.51. The fourth-order valence-electron chi connectivity index (χ4n) is 1.38. The van der Waals surface area contributed by atoms with Gasteiger partial charge < -0.3 is 0 Å². The van der Waals surface area contributed by atoms with Crippen LogP contribution >= 0.6 is 22.7 Å². The number of halogens is 2. The molecule has 3 heteroatoms. The molecule has 0 heterocycles. The molecule has 1 aromatic rings. The highest BCUT2D eigenvalue weighted by atomic mass is 35.6. The second kappa shape index (κ2) is 4.26. The van der Waals surface area contributed by atoms with Crippen LogP contribution in [0.2, 0.25) is 12.6 Å². The molecule has 14 heavy (non-hydrogen) atoms. The van der Waals surface area contributed by atoms with Crippen molar-refractivity contribution in [3.63, 3.8) is 0 Å². The minimum Gasteiger partial charge on any atom is -0.165 e. The molecule has 0 N–H and O–H groups in total. The highest BCUT2D eigenvalue weighted by Crippen LogP contribution is 2.42. The van der Waals surface area contributed by atoms with E-state index in [0.29, 0.717) is 0 Å². The first-order valence-corrected chi connectivity index (χ1v) is 8.95. The molecule has 0 aliphatic carbocycles. The Morgan fingerprint density at radius 1 is 1.29 bits per heavy atom. The van der Waals surface area contributed by atoms with Crippen molar-refractivity contribution < 1.29 is 0 Å². The zero-order chi connectivity index (χ0) is 10.8. The third-order valence-corrected chi connectivity index (χ3v) is 10.2. The van der Waals surface area contributed by atoms with E-state index in [1.165, 1.54) is 0 Å². The van der Waals surface area contributed by atoms with Crippen LogP contribution in [-0.4, -0.2) is 7.38 Å². The van der Waals surface area contributed by atoms with Crippen LogP contribution in [-0.2, 0) is 4.50 Å². The molecule has 0 nitrogen and oxygen atoms in total. The lowest BCUT2D eigenvalue weighted by Crippen LogP contribution is -2.42. The van der Waals surface area contributed by atoms with Gasteiger partial charge in [0.25, 0.3) is 0 Å². The van der Waals surface area contributed by atoms with Crippen LogP contribution in [0.5, 0.6) is 0 Å². The minimum absolute atomic E-state index is 0.384. The topological polar surface area (TPSA) is 0 Å². The molecule has 0 saturated carbocycles. The third-order valence-electron chi connectivity index (χ3n) is 2.96. The van der Waals surface area contributed by atoms with Crippen LogP contribution in [0.3, 0.4) is 0 Å². The van der Waals surface area contributed by atoms with Gasteiger partial charge in [0, 0.05) is 0 Å². The van der Waals surface area contributed by atoms with Gasteiger partial charge in [0.15, 0.2) is 7.38 Å². The van der Waals surface area contributed by atoms with Crippen molar-refractivity contribution in [2.45, 2.75) is 30.9 Å². The van der Waals surface area contributed by atoms with E-state index in [1.807, 2.05) is 25.1 Å². The molecule has 0 spiro atoms. The molecule has 0 amide bonds. The Labute approximate surface area is 96.9 Å². The molecule has 0 aliphatic heterocycles. The predicted molar refractivity (Wildman–Crippen MR) is 67.6 cm³/mol. The molecular weight excluding hydrogens is 231 g/mol. The molecule has 2 unspecified atom stereocenters. The molecule has 1 rings (SSSR count). The lowest BCUT2D eigenvalue weighted by atomic mass is 10.2. The maximum Gasteiger partial charge on any atom is 0.178 e. The molecule has 2 atom stereocenters. The Balaban J connectivity index is 3.08. The third kappa shape index (κ3) is 2.15. The number of rotatable bonds is 3. The van der Waals surface area contributed by atoms with Gasteiger partial charge in [-0.1, -0.05) is 43.8 Å². The summed E-state index contributed by atoms with van der Waals surface area (Å²) in [5, 5.41) is 0. The summed E-state index contributed by atoms with van der Waals surface area (Å²) in [5.74, 6) is 0. The summed E-state index contributed by atoms with van der Waals surface area (Å²) in [6.45, 7) is 6.27. The van der Waals surface area contributed by atoms with Crippen molar-refractivity contribution >= 4 is 30.1 Å². The first kappa shape index (κ1) is 12.1. The highest BCUT2D eigenvalue weighted by molar-refractivity contribution is 7.23. The average molecular weight is 247 g/mol. The number of hydrogen-bond acceptors (Lipinski definition) is 0. The Bertz CT molecular complexity index is 293. The van der Waals surface area contributed by atoms with Crippen LogP contribution in [0, 0.1) is 0 Å². The Morgan fingerprint density at radius 3 is 2.21 bits per heavy atom. The number of benzene rings is 1. The fourth-order valence-corrected chi connectivity index (χ4v) is 3.67. The van der Waals surface area contributed by atoms with E-state index in [2.05, 4.69) is 25.6 Å². The van der Waals surface area contributed by atoms with Crippen LogP contribution in [0.4, 0.5) is 0 Å². The van der Waals surface area contributed by atoms with Crippen molar-refractivity contribution in [2.75, 3.05) is 0 Å². The quantitative estimate of drug-likeness (QED) is 0.418. The zero-order valence-corrected chi connectivity index (χ0v) is 11.4. The van der Waals surface area contributed by atoms with Gasteiger partial charge >= 0.3 is 0 Å². The van der Waals surface area contributed by atoms with E-state index in [0.717, 1.165) is 11.6 Å². The molecule has 0 radical (unpaired) electrons. The maximum absolute atomic E-state index is 6.58. The molecule has 0 bridgehead atoms. The van der Waals surface area contributed by atoms with Gasteiger partial charge in [0.05, 0.1) is 4.50 Å². The van der Waals surface area contributed by atoms with Crippen molar-refractivity contribution in [3.05, 3.63) is 35.9 Å². The lowest BCUT2D eigenvalue weighted by molar-refractivity contribution is 0.918. The van der Waals surface area contributed by atoms with Crippen LogP contribution in [0.25, 0.3) is 0 Å². The first-order chi connectivity index (χ1) is 6.42. The monoisotopic (exact) mass is 246 g/mol. The van der Waals surface area contributed by atoms with Gasteiger partial charge in [0.2, 0.25) is 0 Å². The van der Waals surface area contributed by atoms with Crippen molar-refractivity contribution in [1.82, 2.24) is 0 Å². The Kier molecular flexibility index (Phi) is 3.67. The zero-order valence-electron chi connectivity index (χ0n) is 8.85. The summed E-state index contributed by atoms with van der Waals surface area (Å²) < 4.78 is -0.384. The average Bonchev–Trinajstić information content (AvgIpc) is 2.19. The minimum atomic E-state index is -1.91. The van der Waals surface area contributed by atoms with Gasteiger partial charge in [-0.15, -0.1) is 11.6 Å². The summed E-state index contributed by atoms with van der Waals surface area (Å²) >= 11 is 13.1. The standard InChI is InChI=1S/C11H16Cl2Si/c1-4-14(3,13)11(2,12)10-8-6-5-7-9-10/h5-9H,4H2,1-3H3. The fraction of sp³-hybridized carbons (Fsp3) is 0.455. The Hall–Kier alpha value is 0.0169. The second-order valence-corrected chi connectivity index (χ2v) is 11.6. The van der Waals surface area contributed by atoms with E-state index in [9.17, 15) is 0 Å². The van der Waals surface area contributed by atoms with Gasteiger partial charge in [-0.3, -0.25) is 0 Å². The number of hydrogen-bond donors (Lipinski definition) is 0. The largest absolute Gasteiger partial charge is 0.178 e. The summed E-state index contributed by atoms with van der Waals surface area (Å²) in [6.07, 6.45) is 0.